The van der Waals surface area contributed by atoms with Crippen molar-refractivity contribution in [2.45, 2.75) is 57.7 Å². The average Bonchev–Trinajstić information content (AvgIpc) is 3.12. The number of nitrogens with one attached hydrogen (secondary N) is 1. The normalized spacial score (nSPS) is 26.9. The molecule has 1 saturated heterocycles. The molecule has 2 heterocycles. The Morgan fingerprint density at radius 3 is 2.67 bits per heavy atom. The van der Waals surface area contributed by atoms with Crippen LogP contribution in [0.3, 0.4) is 0 Å². The topological polar surface area (TPSA) is 62.3 Å². The number of rotatable bonds is 4. The Balaban J connectivity index is 1.98. The van der Waals surface area contributed by atoms with Crippen LogP contribution in [-0.4, -0.2) is 33.8 Å². The Bertz CT molecular complexity index is 551. The number of aromatic nitrogens is 1. The zero-order valence-corrected chi connectivity index (χ0v) is 13.4. The van der Waals surface area contributed by atoms with Gasteiger partial charge in [-0.2, -0.15) is 0 Å². The van der Waals surface area contributed by atoms with Crippen LogP contribution in [0.1, 0.15) is 45.0 Å². The lowest BCUT2D eigenvalue weighted by Gasteiger charge is -2.46. The van der Waals surface area contributed by atoms with Crippen LogP contribution in [0.4, 0.5) is 0 Å². The molecule has 5 nitrogen and oxygen atoms in total. The van der Waals surface area contributed by atoms with E-state index in [9.17, 15) is 9.59 Å². The fraction of sp³-hybridized carbons (Fsp3) is 0.667. The number of carbonyl (C=O) groups excluding carboxylic acids is 2. The SMILES string of the molecule is CCC1C(=O)NC(C2CC2)C(=O)N1C(C)(C)c1nccs1. The molecule has 3 rings (SSSR count). The summed E-state index contributed by atoms with van der Waals surface area (Å²) in [6, 6.07) is -0.758. The highest BCUT2D eigenvalue weighted by Gasteiger charge is 2.51. The second-order valence-corrected chi connectivity index (χ2v) is 7.25. The lowest BCUT2D eigenvalue weighted by molar-refractivity contribution is -0.157. The number of thiazole rings is 1. The molecule has 114 valence electrons. The Hall–Kier alpha value is -1.43. The highest BCUT2D eigenvalue weighted by molar-refractivity contribution is 7.09. The number of hydrogen-bond donors (Lipinski definition) is 1. The second kappa shape index (κ2) is 5.09. The van der Waals surface area contributed by atoms with Gasteiger partial charge in [0.1, 0.15) is 17.1 Å². The minimum Gasteiger partial charge on any atom is -0.342 e. The Morgan fingerprint density at radius 1 is 1.43 bits per heavy atom. The quantitative estimate of drug-likeness (QED) is 0.924. The molecule has 1 N–H and O–H groups in total. The molecule has 6 heteroatoms. The molecule has 1 aliphatic heterocycles. The number of piperazine rings is 1. The van der Waals surface area contributed by atoms with Crippen molar-refractivity contribution in [1.29, 1.82) is 0 Å². The molecule has 0 radical (unpaired) electrons. The van der Waals surface area contributed by atoms with Gasteiger partial charge in [-0.1, -0.05) is 6.92 Å². The fourth-order valence-corrected chi connectivity index (χ4v) is 3.90. The van der Waals surface area contributed by atoms with Gasteiger partial charge < -0.3 is 10.2 Å². The van der Waals surface area contributed by atoms with Gasteiger partial charge in [0, 0.05) is 11.6 Å². The van der Waals surface area contributed by atoms with E-state index in [4.69, 9.17) is 0 Å². The summed E-state index contributed by atoms with van der Waals surface area (Å²) in [4.78, 5) is 31.5. The van der Waals surface area contributed by atoms with Gasteiger partial charge in [-0.25, -0.2) is 4.98 Å². The number of carbonyl (C=O) groups is 2. The maximum atomic E-state index is 13.0. The van der Waals surface area contributed by atoms with E-state index in [-0.39, 0.29) is 17.9 Å². The van der Waals surface area contributed by atoms with Crippen molar-refractivity contribution in [2.24, 2.45) is 5.92 Å². The molecule has 0 aromatic carbocycles. The molecule has 1 aromatic heterocycles. The second-order valence-electron chi connectivity index (χ2n) is 6.35. The van der Waals surface area contributed by atoms with E-state index in [1.807, 2.05) is 26.2 Å². The molecule has 2 unspecified atom stereocenters. The molecule has 1 aromatic rings. The van der Waals surface area contributed by atoms with Gasteiger partial charge in [0.2, 0.25) is 11.8 Å². The molecule has 2 aliphatic rings. The van der Waals surface area contributed by atoms with Gasteiger partial charge in [-0.3, -0.25) is 9.59 Å². The zero-order valence-electron chi connectivity index (χ0n) is 12.6. The maximum absolute atomic E-state index is 13.0. The third kappa shape index (κ3) is 2.35. The lowest BCUT2D eigenvalue weighted by Crippen LogP contribution is -2.67. The Morgan fingerprint density at radius 2 is 2.14 bits per heavy atom. The van der Waals surface area contributed by atoms with Crippen molar-refractivity contribution in [3.63, 3.8) is 0 Å². The first-order valence-corrected chi connectivity index (χ1v) is 8.38. The van der Waals surface area contributed by atoms with Gasteiger partial charge in [-0.05, 0) is 39.0 Å². The van der Waals surface area contributed by atoms with Crippen LogP contribution in [0.25, 0.3) is 0 Å². The van der Waals surface area contributed by atoms with E-state index >= 15 is 0 Å². The summed E-state index contributed by atoms with van der Waals surface area (Å²) in [5.74, 6) is 0.330. The molecule has 2 atom stereocenters. The molecular weight excluding hydrogens is 286 g/mol. The van der Waals surface area contributed by atoms with Crippen molar-refractivity contribution in [3.05, 3.63) is 16.6 Å². The number of amides is 2. The Labute approximate surface area is 128 Å². The number of nitrogens with zero attached hydrogens (tertiary/aromatic N) is 2. The van der Waals surface area contributed by atoms with E-state index < -0.39 is 11.6 Å². The largest absolute Gasteiger partial charge is 0.342 e. The predicted molar refractivity (Wildman–Crippen MR) is 80.7 cm³/mol. The van der Waals surface area contributed by atoms with Crippen LogP contribution in [0, 0.1) is 5.92 Å². The van der Waals surface area contributed by atoms with Crippen LogP contribution < -0.4 is 5.32 Å². The molecule has 21 heavy (non-hydrogen) atoms. The molecular formula is C15H21N3O2S. The first-order chi connectivity index (χ1) is 9.96. The van der Waals surface area contributed by atoms with Crippen molar-refractivity contribution in [3.8, 4) is 0 Å². The third-order valence-corrected chi connectivity index (χ3v) is 5.54. The van der Waals surface area contributed by atoms with E-state index in [1.54, 1.807) is 11.1 Å². The molecule has 2 fully saturated rings. The first-order valence-electron chi connectivity index (χ1n) is 7.50. The van der Waals surface area contributed by atoms with Crippen LogP contribution in [0.5, 0.6) is 0 Å². The monoisotopic (exact) mass is 307 g/mol. The van der Waals surface area contributed by atoms with E-state index in [2.05, 4.69) is 10.3 Å². The minimum absolute atomic E-state index is 0.0290. The predicted octanol–water partition coefficient (Wildman–Crippen LogP) is 1.89. The molecule has 2 amide bonds. The fourth-order valence-electron chi connectivity index (χ4n) is 3.14. The van der Waals surface area contributed by atoms with Crippen LogP contribution in [0.15, 0.2) is 11.6 Å². The summed E-state index contributed by atoms with van der Waals surface area (Å²) in [6.07, 6.45) is 4.41. The van der Waals surface area contributed by atoms with Crippen LogP contribution >= 0.6 is 11.3 Å². The zero-order chi connectivity index (χ0) is 15.2. The third-order valence-electron chi connectivity index (χ3n) is 4.45. The summed E-state index contributed by atoms with van der Waals surface area (Å²) >= 11 is 1.53. The van der Waals surface area contributed by atoms with Crippen LogP contribution in [-0.2, 0) is 15.1 Å². The van der Waals surface area contributed by atoms with E-state index in [1.165, 1.54) is 11.3 Å². The first kappa shape index (κ1) is 14.5. The molecule has 0 bridgehead atoms. The van der Waals surface area contributed by atoms with Gasteiger partial charge >= 0.3 is 0 Å². The lowest BCUT2D eigenvalue weighted by atomic mass is 9.93. The minimum atomic E-state index is -0.559. The summed E-state index contributed by atoms with van der Waals surface area (Å²) in [5, 5.41) is 5.71. The van der Waals surface area contributed by atoms with Gasteiger partial charge in [0.25, 0.3) is 0 Å². The summed E-state index contributed by atoms with van der Waals surface area (Å²) in [7, 11) is 0. The Kier molecular flexibility index (Phi) is 3.51. The maximum Gasteiger partial charge on any atom is 0.246 e. The van der Waals surface area contributed by atoms with Crippen molar-refractivity contribution >= 4 is 23.2 Å². The molecule has 1 aliphatic carbocycles. The van der Waals surface area contributed by atoms with Crippen molar-refractivity contribution < 1.29 is 9.59 Å². The molecule has 0 spiro atoms. The van der Waals surface area contributed by atoms with Gasteiger partial charge in [0.15, 0.2) is 0 Å². The van der Waals surface area contributed by atoms with E-state index in [0.29, 0.717) is 12.3 Å². The highest BCUT2D eigenvalue weighted by atomic mass is 32.1. The van der Waals surface area contributed by atoms with Gasteiger partial charge in [-0.15, -0.1) is 11.3 Å². The number of hydrogen-bond acceptors (Lipinski definition) is 4. The summed E-state index contributed by atoms with van der Waals surface area (Å²) in [6.45, 7) is 5.91. The van der Waals surface area contributed by atoms with Crippen LogP contribution in [0.2, 0.25) is 0 Å². The van der Waals surface area contributed by atoms with Crippen molar-refractivity contribution in [1.82, 2.24) is 15.2 Å². The van der Waals surface area contributed by atoms with Crippen molar-refractivity contribution in [2.75, 3.05) is 0 Å². The summed E-state index contributed by atoms with van der Waals surface area (Å²) < 4.78 is 0. The average molecular weight is 307 g/mol. The highest BCUT2D eigenvalue weighted by Crippen LogP contribution is 2.39. The van der Waals surface area contributed by atoms with Gasteiger partial charge in [0.05, 0.1) is 5.54 Å². The standard InChI is InChI=1S/C15H21N3O2S/c1-4-10-12(19)17-11(9-5-6-9)13(20)18(10)15(2,3)14-16-7-8-21-14/h7-11H,4-6H2,1-3H3,(H,17,19). The smallest absolute Gasteiger partial charge is 0.246 e. The summed E-state index contributed by atoms with van der Waals surface area (Å²) in [5.41, 5.74) is -0.559. The van der Waals surface area contributed by atoms with E-state index in [0.717, 1.165) is 17.8 Å². The molecule has 1 saturated carbocycles.